The Morgan fingerprint density at radius 3 is 2.93 bits per heavy atom. The van der Waals surface area contributed by atoms with E-state index in [-0.39, 0.29) is 15.9 Å². The minimum atomic E-state index is -0.718. The van der Waals surface area contributed by atoms with Crippen LogP contribution in [-0.4, -0.2) is 15.2 Å². The molecule has 2 rings (SSSR count). The van der Waals surface area contributed by atoms with E-state index in [2.05, 4.69) is 9.79 Å². The maximum atomic E-state index is 10.9. The van der Waals surface area contributed by atoms with Crippen LogP contribution in [0.4, 0.5) is 5.69 Å². The smallest absolute Gasteiger partial charge is 0.329 e. The Kier molecular flexibility index (Phi) is 1.50. The van der Waals surface area contributed by atoms with Crippen molar-refractivity contribution in [2.24, 2.45) is 0 Å². The van der Waals surface area contributed by atoms with E-state index in [4.69, 9.17) is 0 Å². The van der Waals surface area contributed by atoms with Gasteiger partial charge in [0.2, 0.25) is 0 Å². The lowest BCUT2D eigenvalue weighted by molar-refractivity contribution is -0.782. The fourth-order valence-electron chi connectivity index (χ4n) is 1.09. The van der Waals surface area contributed by atoms with Gasteiger partial charge in [0, 0.05) is 6.07 Å². The number of phenolic OH excluding ortho intramolecular Hbond substituents is 1. The molecule has 0 aliphatic rings. The number of fused-ring (bicyclic) bond motifs is 1. The van der Waals surface area contributed by atoms with Gasteiger partial charge in [-0.1, -0.05) is 0 Å². The van der Waals surface area contributed by atoms with Crippen LogP contribution < -0.4 is 4.90 Å². The number of hydrogen-bond acceptors (Lipinski definition) is 6. The Hall–Kier alpha value is -2.38. The first-order valence-electron chi connectivity index (χ1n) is 3.47. The average Bonchev–Trinajstić information content (AvgIpc) is 2.49. The molecule has 1 aromatic heterocycles. The molecule has 0 saturated carbocycles. The first-order valence-corrected chi connectivity index (χ1v) is 3.47. The molecule has 1 heterocycles. The average molecular weight is 197 g/mol. The summed E-state index contributed by atoms with van der Waals surface area (Å²) in [6.45, 7) is 0. The molecule has 0 aliphatic heterocycles. The number of benzene rings is 1. The standard InChI is InChI=1S/C6H3N3O5/c10-4-2-1-3(8(11)12)5-6(4)9(13)14-7-5/h1-2,10H. The van der Waals surface area contributed by atoms with E-state index in [0.717, 1.165) is 12.1 Å². The highest BCUT2D eigenvalue weighted by Gasteiger charge is 2.25. The summed E-state index contributed by atoms with van der Waals surface area (Å²) in [5.74, 6) is -0.415. The summed E-state index contributed by atoms with van der Waals surface area (Å²) >= 11 is 0. The fraction of sp³-hybridized carbons (Fsp3) is 0. The molecule has 1 N–H and O–H groups in total. The summed E-state index contributed by atoms with van der Waals surface area (Å²) < 4.78 is 4.13. The van der Waals surface area contributed by atoms with E-state index in [9.17, 15) is 20.4 Å². The predicted molar refractivity (Wildman–Crippen MR) is 41.3 cm³/mol. The number of aromatic nitrogens is 2. The quantitative estimate of drug-likeness (QED) is 0.393. The van der Waals surface area contributed by atoms with Gasteiger partial charge in [0.15, 0.2) is 5.75 Å². The number of nitrogens with zero attached hydrogens (tertiary/aromatic N) is 3. The maximum Gasteiger partial charge on any atom is 0.329 e. The molecule has 0 bridgehead atoms. The highest BCUT2D eigenvalue weighted by atomic mass is 16.8. The van der Waals surface area contributed by atoms with Crippen molar-refractivity contribution in [1.29, 1.82) is 0 Å². The number of nitro groups is 1. The van der Waals surface area contributed by atoms with Crippen LogP contribution in [0.25, 0.3) is 11.0 Å². The molecule has 8 nitrogen and oxygen atoms in total. The zero-order valence-electron chi connectivity index (χ0n) is 6.58. The first kappa shape index (κ1) is 8.23. The van der Waals surface area contributed by atoms with E-state index in [1.165, 1.54) is 0 Å². The Morgan fingerprint density at radius 2 is 2.29 bits per heavy atom. The van der Waals surface area contributed by atoms with E-state index < -0.39 is 16.4 Å². The van der Waals surface area contributed by atoms with Gasteiger partial charge < -0.3 is 10.3 Å². The second-order valence-corrected chi connectivity index (χ2v) is 2.49. The number of hydrogen-bond donors (Lipinski definition) is 1. The number of nitro benzene ring substituents is 1. The van der Waals surface area contributed by atoms with Gasteiger partial charge in [0.1, 0.15) is 0 Å². The minimum absolute atomic E-state index is 0.0856. The maximum absolute atomic E-state index is 10.9. The highest BCUT2D eigenvalue weighted by molar-refractivity contribution is 5.85. The third-order valence-corrected chi connectivity index (χ3v) is 1.69. The van der Waals surface area contributed by atoms with Crippen LogP contribution in [0.5, 0.6) is 5.75 Å². The van der Waals surface area contributed by atoms with Crippen LogP contribution in [0.2, 0.25) is 0 Å². The molecule has 0 aliphatic carbocycles. The second-order valence-electron chi connectivity index (χ2n) is 2.49. The second kappa shape index (κ2) is 2.55. The molecule has 0 unspecified atom stereocenters. The molecule has 0 radical (unpaired) electrons. The molecular weight excluding hydrogens is 194 g/mol. The molecule has 72 valence electrons. The summed E-state index contributed by atoms with van der Waals surface area (Å²) in [6.07, 6.45) is 0. The van der Waals surface area contributed by atoms with Crippen molar-refractivity contribution >= 4 is 16.7 Å². The van der Waals surface area contributed by atoms with E-state index in [0.29, 0.717) is 0 Å². The molecular formula is C6H3N3O5. The monoisotopic (exact) mass is 197 g/mol. The van der Waals surface area contributed by atoms with Crippen LogP contribution in [-0.2, 0) is 0 Å². The SMILES string of the molecule is O=[N+]([O-])c1ccc(O)c2c1no[n+]2[O-]. The third kappa shape index (κ3) is 0.937. The zero-order valence-corrected chi connectivity index (χ0v) is 6.58. The molecule has 0 spiro atoms. The number of non-ortho nitro benzene ring substituents is 1. The molecule has 8 heteroatoms. The van der Waals surface area contributed by atoms with Crippen LogP contribution in [0.3, 0.4) is 0 Å². The predicted octanol–water partition coefficient (Wildman–Crippen LogP) is 0.0750. The lowest BCUT2D eigenvalue weighted by atomic mass is 10.2. The van der Waals surface area contributed by atoms with Crippen LogP contribution in [0.15, 0.2) is 16.8 Å². The fourth-order valence-corrected chi connectivity index (χ4v) is 1.09. The van der Waals surface area contributed by atoms with Crippen molar-refractivity contribution in [3.63, 3.8) is 0 Å². The zero-order chi connectivity index (χ0) is 10.3. The molecule has 0 fully saturated rings. The van der Waals surface area contributed by atoms with Gasteiger partial charge >= 0.3 is 11.2 Å². The van der Waals surface area contributed by atoms with Crippen molar-refractivity contribution in [1.82, 2.24) is 5.16 Å². The first-order chi connectivity index (χ1) is 6.61. The lowest BCUT2D eigenvalue weighted by Crippen LogP contribution is -2.22. The highest BCUT2D eigenvalue weighted by Crippen LogP contribution is 2.27. The van der Waals surface area contributed by atoms with Crippen molar-refractivity contribution < 1.29 is 19.6 Å². The van der Waals surface area contributed by atoms with E-state index >= 15 is 0 Å². The Bertz CT molecular complexity index is 519. The van der Waals surface area contributed by atoms with E-state index in [1.807, 2.05) is 0 Å². The van der Waals surface area contributed by atoms with Gasteiger partial charge in [-0.3, -0.25) is 14.7 Å². The van der Waals surface area contributed by atoms with Crippen LogP contribution >= 0.6 is 0 Å². The topological polar surface area (TPSA) is 116 Å². The number of aromatic hydroxyl groups is 1. The third-order valence-electron chi connectivity index (χ3n) is 1.69. The van der Waals surface area contributed by atoms with Gasteiger partial charge in [0.05, 0.1) is 10.1 Å². The normalized spacial score (nSPS) is 10.6. The van der Waals surface area contributed by atoms with Crippen LogP contribution in [0.1, 0.15) is 0 Å². The van der Waals surface area contributed by atoms with Gasteiger partial charge in [-0.2, -0.15) is 0 Å². The molecule has 0 atom stereocenters. The largest absolute Gasteiger partial charge is 0.504 e. The van der Waals surface area contributed by atoms with E-state index in [1.54, 1.807) is 0 Å². The summed E-state index contributed by atoms with van der Waals surface area (Å²) in [5.41, 5.74) is -1.01. The summed E-state index contributed by atoms with van der Waals surface area (Å²) in [5, 5.41) is 33.7. The number of phenols is 1. The summed E-state index contributed by atoms with van der Waals surface area (Å²) in [6, 6.07) is 2.08. The Balaban J connectivity index is 2.90. The van der Waals surface area contributed by atoms with Crippen molar-refractivity contribution in [3.05, 3.63) is 27.5 Å². The molecule has 0 saturated heterocycles. The summed E-state index contributed by atoms with van der Waals surface area (Å²) in [7, 11) is 0. The van der Waals surface area contributed by atoms with Gasteiger partial charge in [-0.15, -0.1) is 0 Å². The van der Waals surface area contributed by atoms with Crippen LogP contribution in [0, 0.1) is 15.3 Å². The van der Waals surface area contributed by atoms with Crippen molar-refractivity contribution in [3.8, 4) is 5.75 Å². The summed E-state index contributed by atoms with van der Waals surface area (Å²) in [4.78, 5) is 9.66. The number of rotatable bonds is 1. The molecule has 14 heavy (non-hydrogen) atoms. The Morgan fingerprint density at radius 1 is 1.57 bits per heavy atom. The van der Waals surface area contributed by atoms with Crippen molar-refractivity contribution in [2.45, 2.75) is 0 Å². The molecule has 0 amide bonds. The van der Waals surface area contributed by atoms with Gasteiger partial charge in [-0.05, 0) is 11.0 Å². The lowest BCUT2D eigenvalue weighted by Gasteiger charge is -1.91. The minimum Gasteiger partial charge on any atom is -0.504 e. The van der Waals surface area contributed by atoms with Gasteiger partial charge in [0.25, 0.3) is 5.52 Å². The Labute approximate surface area is 75.7 Å². The van der Waals surface area contributed by atoms with Crippen molar-refractivity contribution in [2.75, 3.05) is 0 Å². The molecule has 2 aromatic rings. The molecule has 1 aromatic carbocycles. The van der Waals surface area contributed by atoms with Gasteiger partial charge in [-0.25, -0.2) is 0 Å².